The van der Waals surface area contributed by atoms with Crippen LogP contribution in [0.3, 0.4) is 0 Å². The van der Waals surface area contributed by atoms with Crippen LogP contribution in [0.2, 0.25) is 0 Å². The highest BCUT2D eigenvalue weighted by atomic mass is 15.4. The molecule has 0 atom stereocenters. The molecule has 0 saturated heterocycles. The van der Waals surface area contributed by atoms with E-state index in [1.54, 1.807) is 0 Å². The summed E-state index contributed by atoms with van der Waals surface area (Å²) in [6.45, 7) is 20.2. The van der Waals surface area contributed by atoms with Crippen molar-refractivity contribution in [2.45, 2.75) is 86.0 Å². The predicted molar refractivity (Wildman–Crippen MR) is 204 cm³/mol. The first kappa shape index (κ1) is 33.2. The largest absolute Gasteiger partial charge is 0.212 e. The van der Waals surface area contributed by atoms with Gasteiger partial charge in [0.2, 0.25) is 0 Å². The van der Waals surface area contributed by atoms with E-state index in [-0.39, 0.29) is 10.8 Å². The zero-order valence-corrected chi connectivity index (χ0v) is 30.1. The van der Waals surface area contributed by atoms with Gasteiger partial charge < -0.3 is 0 Å². The van der Waals surface area contributed by atoms with E-state index in [1.165, 1.54) is 55.6 Å². The van der Waals surface area contributed by atoms with Crippen LogP contribution in [0, 0.1) is 13.8 Å². The Morgan fingerprint density at radius 2 is 0.958 bits per heavy atom. The van der Waals surface area contributed by atoms with Crippen molar-refractivity contribution >= 4 is 0 Å². The van der Waals surface area contributed by atoms with Crippen molar-refractivity contribution in [3.05, 3.63) is 137 Å². The lowest BCUT2D eigenvalue weighted by molar-refractivity contribution is 0.590. The maximum absolute atomic E-state index is 5.03. The second-order valence-electron chi connectivity index (χ2n) is 15.3. The fourth-order valence-corrected chi connectivity index (χ4v) is 6.52. The number of nitrogens with zero attached hydrogens (tertiary/aromatic N) is 3. The molecule has 0 saturated carbocycles. The van der Waals surface area contributed by atoms with Gasteiger partial charge in [0.05, 0.1) is 5.69 Å². The van der Waals surface area contributed by atoms with Gasteiger partial charge in [0, 0.05) is 12.0 Å². The Labute approximate surface area is 287 Å². The van der Waals surface area contributed by atoms with Crippen molar-refractivity contribution in [1.82, 2.24) is 14.8 Å². The molecule has 244 valence electrons. The summed E-state index contributed by atoms with van der Waals surface area (Å²) in [5, 5.41) is 5.03. The van der Waals surface area contributed by atoms with Crippen LogP contribution >= 0.6 is 0 Å². The van der Waals surface area contributed by atoms with Gasteiger partial charge in [0.15, 0.2) is 11.6 Å². The first-order chi connectivity index (χ1) is 22.8. The van der Waals surface area contributed by atoms with Crippen LogP contribution in [0.25, 0.3) is 50.5 Å². The minimum absolute atomic E-state index is 0.110. The van der Waals surface area contributed by atoms with Gasteiger partial charge in [0.25, 0.3) is 0 Å². The Morgan fingerprint density at radius 3 is 1.40 bits per heavy atom. The highest BCUT2D eigenvalue weighted by Gasteiger charge is 2.19. The maximum Gasteiger partial charge on any atom is 0.163 e. The zero-order chi connectivity index (χ0) is 34.2. The molecule has 6 aromatic rings. The second kappa shape index (κ2) is 13.0. The summed E-state index contributed by atoms with van der Waals surface area (Å²) < 4.78 is 2.06. The van der Waals surface area contributed by atoms with E-state index in [2.05, 4.69) is 170 Å². The normalized spacial score (nSPS) is 12.0. The standard InChI is InChI=1S/C45H49N3/c1-10-14-41-46-43(34-15-12-11-13-16-34)48(47-41)42-30(2)25-35(26-31(42)3)38-28-36(32-17-21-39(22-18-32)44(4,5)6)27-37(29-38)33-19-23-40(24-20-33)45(7,8)9/h11-13,15-29H,10,14H2,1-9H3. The van der Waals surface area contributed by atoms with Gasteiger partial charge in [-0.15, -0.1) is 0 Å². The van der Waals surface area contributed by atoms with E-state index in [9.17, 15) is 0 Å². The molecule has 48 heavy (non-hydrogen) atoms. The summed E-state index contributed by atoms with van der Waals surface area (Å²) in [7, 11) is 0. The van der Waals surface area contributed by atoms with Crippen molar-refractivity contribution in [2.75, 3.05) is 0 Å². The summed E-state index contributed by atoms with van der Waals surface area (Å²) in [5.74, 6) is 1.77. The van der Waals surface area contributed by atoms with Gasteiger partial charge in [-0.2, -0.15) is 5.10 Å². The molecule has 0 aliphatic carbocycles. The minimum atomic E-state index is 0.110. The number of aromatic nitrogens is 3. The Balaban J connectivity index is 1.48. The van der Waals surface area contributed by atoms with Crippen LogP contribution in [-0.2, 0) is 17.3 Å². The molecule has 0 amide bonds. The van der Waals surface area contributed by atoms with Crippen molar-refractivity contribution in [3.63, 3.8) is 0 Å². The number of rotatable bonds is 7. The number of hydrogen-bond acceptors (Lipinski definition) is 2. The summed E-state index contributed by atoms with van der Waals surface area (Å²) >= 11 is 0. The second-order valence-corrected chi connectivity index (χ2v) is 15.3. The fourth-order valence-electron chi connectivity index (χ4n) is 6.52. The molecule has 6 rings (SSSR count). The molecular weight excluding hydrogens is 583 g/mol. The van der Waals surface area contributed by atoms with E-state index in [0.29, 0.717) is 0 Å². The van der Waals surface area contributed by atoms with E-state index >= 15 is 0 Å². The van der Waals surface area contributed by atoms with Crippen LogP contribution in [0.1, 0.15) is 83.0 Å². The quantitative estimate of drug-likeness (QED) is 0.175. The maximum atomic E-state index is 5.03. The minimum Gasteiger partial charge on any atom is -0.212 e. The molecule has 0 radical (unpaired) electrons. The van der Waals surface area contributed by atoms with Crippen molar-refractivity contribution < 1.29 is 0 Å². The molecule has 3 heteroatoms. The van der Waals surface area contributed by atoms with Crippen LogP contribution in [0.5, 0.6) is 0 Å². The van der Waals surface area contributed by atoms with Gasteiger partial charge in [-0.3, -0.25) is 0 Å². The third-order valence-electron chi connectivity index (χ3n) is 9.29. The summed E-state index contributed by atoms with van der Waals surface area (Å²) in [6, 6.07) is 40.3. The van der Waals surface area contributed by atoms with Gasteiger partial charge in [-0.1, -0.05) is 127 Å². The fraction of sp³-hybridized carbons (Fsp3) is 0.289. The number of benzene rings is 5. The highest BCUT2D eigenvalue weighted by molar-refractivity contribution is 5.82. The topological polar surface area (TPSA) is 30.7 Å². The first-order valence-corrected chi connectivity index (χ1v) is 17.3. The van der Waals surface area contributed by atoms with Gasteiger partial charge >= 0.3 is 0 Å². The van der Waals surface area contributed by atoms with E-state index in [0.717, 1.165) is 35.7 Å². The van der Waals surface area contributed by atoms with Gasteiger partial charge in [-0.25, -0.2) is 9.67 Å². The Bertz CT molecular complexity index is 1930. The van der Waals surface area contributed by atoms with Crippen molar-refractivity contribution in [1.29, 1.82) is 0 Å². The lowest BCUT2D eigenvalue weighted by Gasteiger charge is -2.20. The predicted octanol–water partition coefficient (Wildman–Crippen LogP) is 12.1. The van der Waals surface area contributed by atoms with Crippen LogP contribution in [0.15, 0.2) is 109 Å². The molecule has 0 bridgehead atoms. The van der Waals surface area contributed by atoms with E-state index in [4.69, 9.17) is 10.1 Å². The molecule has 0 unspecified atom stereocenters. The summed E-state index contributed by atoms with van der Waals surface area (Å²) in [6.07, 6.45) is 1.86. The summed E-state index contributed by atoms with van der Waals surface area (Å²) in [5.41, 5.74) is 14.7. The third-order valence-corrected chi connectivity index (χ3v) is 9.29. The van der Waals surface area contributed by atoms with Crippen LogP contribution in [0.4, 0.5) is 0 Å². The highest BCUT2D eigenvalue weighted by Crippen LogP contribution is 2.37. The Morgan fingerprint density at radius 1 is 0.521 bits per heavy atom. The smallest absolute Gasteiger partial charge is 0.163 e. The molecule has 0 N–H and O–H groups in total. The molecule has 0 aliphatic heterocycles. The Hall–Kier alpha value is -4.76. The molecule has 0 spiro atoms. The molecule has 1 heterocycles. The molecule has 1 aromatic heterocycles. The number of hydrogen-bond donors (Lipinski definition) is 0. The van der Waals surface area contributed by atoms with E-state index < -0.39 is 0 Å². The lowest BCUT2D eigenvalue weighted by Crippen LogP contribution is -2.10. The Kier molecular flexibility index (Phi) is 9.00. The monoisotopic (exact) mass is 631 g/mol. The van der Waals surface area contributed by atoms with Gasteiger partial charge in [-0.05, 0) is 117 Å². The average molecular weight is 632 g/mol. The van der Waals surface area contributed by atoms with Crippen LogP contribution < -0.4 is 0 Å². The average Bonchev–Trinajstić information content (AvgIpc) is 3.47. The first-order valence-electron chi connectivity index (χ1n) is 17.3. The molecule has 0 aliphatic rings. The molecular formula is C45H49N3. The molecule has 3 nitrogen and oxygen atoms in total. The van der Waals surface area contributed by atoms with E-state index in [1.807, 2.05) is 6.07 Å². The summed E-state index contributed by atoms with van der Waals surface area (Å²) in [4.78, 5) is 4.99. The van der Waals surface area contributed by atoms with Crippen LogP contribution in [-0.4, -0.2) is 14.8 Å². The third kappa shape index (κ3) is 6.92. The SMILES string of the molecule is CCCc1nc(-c2ccccc2)n(-c2c(C)cc(-c3cc(-c4ccc(C(C)(C)C)cc4)cc(-c4ccc(C(C)(C)C)cc4)c3)cc2C)n1. The van der Waals surface area contributed by atoms with Crippen molar-refractivity contribution in [3.8, 4) is 50.5 Å². The van der Waals surface area contributed by atoms with Gasteiger partial charge in [0.1, 0.15) is 0 Å². The lowest BCUT2D eigenvalue weighted by atomic mass is 9.85. The molecule has 0 fully saturated rings. The number of aryl methyl sites for hydroxylation is 3. The van der Waals surface area contributed by atoms with Crippen molar-refractivity contribution in [2.24, 2.45) is 0 Å². The molecule has 5 aromatic carbocycles. The zero-order valence-electron chi connectivity index (χ0n) is 30.1.